The molecular formula is C22H22N4OS. The topological polar surface area (TPSA) is 56.7 Å². The van der Waals surface area contributed by atoms with Crippen LogP contribution in [0.4, 0.5) is 0 Å². The highest BCUT2D eigenvalue weighted by Crippen LogP contribution is 2.28. The molecule has 2 aromatic heterocycles. The lowest BCUT2D eigenvalue weighted by molar-refractivity contribution is 0.426. The van der Waals surface area contributed by atoms with Gasteiger partial charge in [0.05, 0.1) is 5.69 Å². The van der Waals surface area contributed by atoms with Gasteiger partial charge in [0, 0.05) is 29.5 Å². The van der Waals surface area contributed by atoms with Gasteiger partial charge >= 0.3 is 0 Å². The number of hydrogen-bond acceptors (Lipinski definition) is 5. The van der Waals surface area contributed by atoms with Crippen molar-refractivity contribution in [3.8, 4) is 22.7 Å². The second-order valence-electron chi connectivity index (χ2n) is 6.66. The van der Waals surface area contributed by atoms with Crippen LogP contribution in [0.25, 0.3) is 22.7 Å². The fraction of sp³-hybridized carbons (Fsp3) is 0.227. The maximum Gasteiger partial charge on any atom is 0.191 e. The smallest absolute Gasteiger partial charge is 0.191 e. The molecule has 0 N–H and O–H groups in total. The van der Waals surface area contributed by atoms with E-state index >= 15 is 0 Å². The molecule has 0 saturated carbocycles. The summed E-state index contributed by atoms with van der Waals surface area (Å²) in [5.74, 6) is 2.39. The number of aromatic nitrogens is 4. The first-order valence-electron chi connectivity index (χ1n) is 9.38. The highest BCUT2D eigenvalue weighted by Gasteiger charge is 2.15. The Kier molecular flexibility index (Phi) is 5.58. The predicted molar refractivity (Wildman–Crippen MR) is 112 cm³/mol. The first-order valence-corrected chi connectivity index (χ1v) is 10.4. The molecule has 5 nitrogen and oxygen atoms in total. The Hall–Kier alpha value is -2.86. The van der Waals surface area contributed by atoms with Crippen molar-refractivity contribution >= 4 is 11.8 Å². The molecule has 0 fully saturated rings. The van der Waals surface area contributed by atoms with Gasteiger partial charge in [-0.1, -0.05) is 77.9 Å². The van der Waals surface area contributed by atoms with Gasteiger partial charge in [0.2, 0.25) is 0 Å². The van der Waals surface area contributed by atoms with Crippen LogP contribution in [0.5, 0.6) is 0 Å². The lowest BCUT2D eigenvalue weighted by atomic mass is 10.1. The zero-order valence-corrected chi connectivity index (χ0v) is 16.8. The van der Waals surface area contributed by atoms with E-state index in [1.165, 1.54) is 5.56 Å². The summed E-state index contributed by atoms with van der Waals surface area (Å²) >= 11 is 1.64. The Morgan fingerprint density at radius 1 is 0.964 bits per heavy atom. The average molecular weight is 391 g/mol. The van der Waals surface area contributed by atoms with Gasteiger partial charge in [0.1, 0.15) is 0 Å². The van der Waals surface area contributed by atoms with Gasteiger partial charge < -0.3 is 9.09 Å². The molecule has 2 heterocycles. The fourth-order valence-corrected chi connectivity index (χ4v) is 3.92. The molecule has 0 atom stereocenters. The summed E-state index contributed by atoms with van der Waals surface area (Å²) in [4.78, 5) is 0. The fourth-order valence-electron chi connectivity index (χ4n) is 3.08. The van der Waals surface area contributed by atoms with E-state index in [0.29, 0.717) is 5.75 Å². The molecule has 6 heteroatoms. The van der Waals surface area contributed by atoms with Crippen LogP contribution in [0.15, 0.2) is 70.3 Å². The summed E-state index contributed by atoms with van der Waals surface area (Å²) in [5.41, 5.74) is 4.24. The van der Waals surface area contributed by atoms with Crippen molar-refractivity contribution in [3.63, 3.8) is 0 Å². The molecular weight excluding hydrogens is 368 g/mol. The largest absolute Gasteiger partial charge is 0.356 e. The Morgan fingerprint density at radius 3 is 2.57 bits per heavy atom. The molecule has 0 bridgehead atoms. The minimum Gasteiger partial charge on any atom is -0.356 e. The molecule has 0 aliphatic carbocycles. The van der Waals surface area contributed by atoms with E-state index in [9.17, 15) is 0 Å². The summed E-state index contributed by atoms with van der Waals surface area (Å²) in [6.07, 6.45) is 1.02. The molecule has 4 aromatic rings. The Balaban J connectivity index is 1.53. The first-order chi connectivity index (χ1) is 13.7. The van der Waals surface area contributed by atoms with Crippen LogP contribution in [0.3, 0.4) is 0 Å². The molecule has 4 rings (SSSR count). The number of hydrogen-bond donors (Lipinski definition) is 0. The summed E-state index contributed by atoms with van der Waals surface area (Å²) in [5, 5.41) is 14.0. The minimum absolute atomic E-state index is 0.687. The van der Waals surface area contributed by atoms with E-state index in [2.05, 4.69) is 58.0 Å². The van der Waals surface area contributed by atoms with E-state index < -0.39 is 0 Å². The Morgan fingerprint density at radius 2 is 1.79 bits per heavy atom. The SMILES string of the molecule is CCCn1c(SCc2cc(-c3ccccc3)on2)nnc1-c1cccc(C)c1. The summed E-state index contributed by atoms with van der Waals surface area (Å²) in [6.45, 7) is 5.14. The van der Waals surface area contributed by atoms with Crippen LogP contribution in [0.1, 0.15) is 24.6 Å². The molecule has 0 aliphatic rings. The Labute approximate surface area is 168 Å². The molecule has 0 saturated heterocycles. The third-order valence-electron chi connectivity index (χ3n) is 4.41. The van der Waals surface area contributed by atoms with Crippen LogP contribution >= 0.6 is 11.8 Å². The van der Waals surface area contributed by atoms with Gasteiger partial charge in [-0.2, -0.15) is 0 Å². The van der Waals surface area contributed by atoms with Crippen molar-refractivity contribution in [3.05, 3.63) is 71.9 Å². The van der Waals surface area contributed by atoms with Crippen molar-refractivity contribution in [2.45, 2.75) is 37.7 Å². The standard InChI is InChI=1S/C22H22N4OS/c1-3-12-26-21(18-11-7-8-16(2)13-18)23-24-22(26)28-15-19-14-20(27-25-19)17-9-5-4-6-10-17/h4-11,13-14H,3,12,15H2,1-2H3. The molecule has 0 amide bonds. The molecule has 28 heavy (non-hydrogen) atoms. The highest BCUT2D eigenvalue weighted by molar-refractivity contribution is 7.98. The number of aryl methyl sites for hydroxylation is 1. The summed E-state index contributed by atoms with van der Waals surface area (Å²) < 4.78 is 7.69. The van der Waals surface area contributed by atoms with E-state index in [0.717, 1.165) is 46.5 Å². The van der Waals surface area contributed by atoms with E-state index in [-0.39, 0.29) is 0 Å². The number of thioether (sulfide) groups is 1. The predicted octanol–water partition coefficient (Wildman–Crippen LogP) is 5.61. The third kappa shape index (κ3) is 4.02. The van der Waals surface area contributed by atoms with Gasteiger partial charge in [0.15, 0.2) is 16.7 Å². The van der Waals surface area contributed by atoms with Gasteiger partial charge in [-0.3, -0.25) is 0 Å². The monoisotopic (exact) mass is 390 g/mol. The van der Waals surface area contributed by atoms with E-state index in [1.807, 2.05) is 36.4 Å². The van der Waals surface area contributed by atoms with E-state index in [4.69, 9.17) is 4.52 Å². The molecule has 0 spiro atoms. The van der Waals surface area contributed by atoms with E-state index in [1.54, 1.807) is 11.8 Å². The number of nitrogens with zero attached hydrogens (tertiary/aromatic N) is 4. The van der Waals surface area contributed by atoms with Crippen LogP contribution in [-0.4, -0.2) is 19.9 Å². The summed E-state index contributed by atoms with van der Waals surface area (Å²) in [7, 11) is 0. The lowest BCUT2D eigenvalue weighted by Gasteiger charge is -2.08. The zero-order chi connectivity index (χ0) is 19.3. The van der Waals surface area contributed by atoms with Crippen molar-refractivity contribution < 1.29 is 4.52 Å². The Bertz CT molecular complexity index is 1060. The number of benzene rings is 2. The van der Waals surface area contributed by atoms with Crippen molar-refractivity contribution in [1.29, 1.82) is 0 Å². The lowest BCUT2D eigenvalue weighted by Crippen LogP contribution is -2.02. The van der Waals surface area contributed by atoms with Crippen LogP contribution in [0.2, 0.25) is 0 Å². The van der Waals surface area contributed by atoms with Gasteiger partial charge in [-0.15, -0.1) is 10.2 Å². The third-order valence-corrected chi connectivity index (χ3v) is 5.41. The normalized spacial score (nSPS) is 11.1. The minimum atomic E-state index is 0.687. The van der Waals surface area contributed by atoms with Crippen LogP contribution < -0.4 is 0 Å². The van der Waals surface area contributed by atoms with Crippen LogP contribution in [-0.2, 0) is 12.3 Å². The average Bonchev–Trinajstić information content (AvgIpc) is 3.35. The molecule has 142 valence electrons. The molecule has 0 aliphatic heterocycles. The summed E-state index contributed by atoms with van der Waals surface area (Å²) in [6, 6.07) is 20.4. The second kappa shape index (κ2) is 8.44. The van der Waals surface area contributed by atoms with Gasteiger partial charge in [-0.25, -0.2) is 0 Å². The quantitative estimate of drug-likeness (QED) is 0.384. The maximum atomic E-state index is 5.50. The second-order valence-corrected chi connectivity index (χ2v) is 7.61. The van der Waals surface area contributed by atoms with Gasteiger partial charge in [0.25, 0.3) is 0 Å². The van der Waals surface area contributed by atoms with Crippen LogP contribution in [0, 0.1) is 6.92 Å². The highest BCUT2D eigenvalue weighted by atomic mass is 32.2. The zero-order valence-electron chi connectivity index (χ0n) is 16.0. The van der Waals surface area contributed by atoms with Gasteiger partial charge in [-0.05, 0) is 19.4 Å². The maximum absolute atomic E-state index is 5.50. The first kappa shape index (κ1) is 18.5. The van der Waals surface area contributed by atoms with Crippen molar-refractivity contribution in [1.82, 2.24) is 19.9 Å². The van der Waals surface area contributed by atoms with Crippen molar-refractivity contribution in [2.75, 3.05) is 0 Å². The molecule has 0 unspecified atom stereocenters. The molecule has 0 radical (unpaired) electrons. The van der Waals surface area contributed by atoms with Crippen molar-refractivity contribution in [2.24, 2.45) is 0 Å². The number of rotatable bonds is 7. The molecule has 2 aromatic carbocycles.